The van der Waals surface area contributed by atoms with Gasteiger partial charge in [0, 0.05) is 22.2 Å². The summed E-state index contributed by atoms with van der Waals surface area (Å²) in [6, 6.07) is 13.9. The zero-order valence-corrected chi connectivity index (χ0v) is 16.5. The minimum atomic E-state index is -0.496. The monoisotopic (exact) mass is 389 g/mol. The van der Waals surface area contributed by atoms with Crippen molar-refractivity contribution in [3.8, 4) is 5.75 Å². The Morgan fingerprint density at radius 1 is 1.19 bits per heavy atom. The minimum Gasteiger partial charge on any atom is -0.481 e. The van der Waals surface area contributed by atoms with Gasteiger partial charge in [-0.15, -0.1) is 11.8 Å². The van der Waals surface area contributed by atoms with Crippen molar-refractivity contribution < 1.29 is 9.53 Å². The largest absolute Gasteiger partial charge is 0.481 e. The van der Waals surface area contributed by atoms with Crippen LogP contribution < -0.4 is 10.1 Å². The van der Waals surface area contributed by atoms with Crippen molar-refractivity contribution in [1.82, 2.24) is 5.32 Å². The smallest absolute Gasteiger partial charge is 0.260 e. The average molecular weight is 390 g/mol. The molecule has 1 aliphatic rings. The number of amides is 1. The van der Waals surface area contributed by atoms with Gasteiger partial charge >= 0.3 is 0 Å². The molecular formula is C21H24ClNO2S. The molecule has 0 heterocycles. The van der Waals surface area contributed by atoms with Gasteiger partial charge in [0.15, 0.2) is 6.10 Å². The van der Waals surface area contributed by atoms with Gasteiger partial charge in [-0.05, 0) is 74.1 Å². The summed E-state index contributed by atoms with van der Waals surface area (Å²) in [6.07, 6.45) is 4.07. The number of carbonyl (C=O) groups is 1. The van der Waals surface area contributed by atoms with E-state index in [2.05, 4.69) is 11.4 Å². The van der Waals surface area contributed by atoms with Crippen LogP contribution in [0.2, 0.25) is 5.02 Å². The Balaban J connectivity index is 1.45. The Morgan fingerprint density at radius 3 is 2.77 bits per heavy atom. The predicted octanol–water partition coefficient (Wildman–Crippen LogP) is 4.89. The molecule has 2 aromatic carbocycles. The third-order valence-corrected chi connectivity index (χ3v) is 5.78. The third kappa shape index (κ3) is 5.18. The van der Waals surface area contributed by atoms with Crippen molar-refractivity contribution in [2.45, 2.75) is 43.6 Å². The molecule has 1 amide bonds. The van der Waals surface area contributed by atoms with Crippen molar-refractivity contribution in [3.63, 3.8) is 0 Å². The molecule has 0 fully saturated rings. The van der Waals surface area contributed by atoms with E-state index in [1.54, 1.807) is 11.8 Å². The van der Waals surface area contributed by atoms with Gasteiger partial charge in [-0.3, -0.25) is 4.79 Å². The molecule has 0 unspecified atom stereocenters. The van der Waals surface area contributed by atoms with Crippen molar-refractivity contribution in [2.75, 3.05) is 12.3 Å². The highest BCUT2D eigenvalue weighted by atomic mass is 35.5. The average Bonchev–Trinajstić information content (AvgIpc) is 2.66. The highest BCUT2D eigenvalue weighted by Crippen LogP contribution is 2.30. The lowest BCUT2D eigenvalue weighted by molar-refractivity contribution is -0.127. The molecule has 1 atom stereocenters. The van der Waals surface area contributed by atoms with Crippen molar-refractivity contribution in [3.05, 3.63) is 58.6 Å². The first-order valence-electron chi connectivity index (χ1n) is 9.07. The second kappa shape index (κ2) is 9.33. The van der Waals surface area contributed by atoms with Gasteiger partial charge in [-0.25, -0.2) is 0 Å². The maximum absolute atomic E-state index is 12.3. The number of benzene rings is 2. The lowest BCUT2D eigenvalue weighted by atomic mass is 9.91. The first kappa shape index (κ1) is 19.1. The molecule has 0 saturated heterocycles. The summed E-state index contributed by atoms with van der Waals surface area (Å²) in [5.74, 6) is 1.59. The van der Waals surface area contributed by atoms with Gasteiger partial charge in [0.2, 0.25) is 0 Å². The van der Waals surface area contributed by atoms with Crippen LogP contribution in [0.15, 0.2) is 47.4 Å². The van der Waals surface area contributed by atoms with E-state index in [0.717, 1.165) is 34.3 Å². The van der Waals surface area contributed by atoms with Crippen molar-refractivity contribution in [1.29, 1.82) is 0 Å². The number of halogens is 1. The van der Waals surface area contributed by atoms with Crippen molar-refractivity contribution >= 4 is 29.3 Å². The molecule has 5 heteroatoms. The molecule has 1 aliphatic carbocycles. The molecule has 26 heavy (non-hydrogen) atoms. The fraction of sp³-hybridized carbons (Fsp3) is 0.381. The standard InChI is InChI=1S/C21H24ClNO2S/c1-15(25-20-8-4-6-16-5-2-3-7-19(16)20)21(24)23-13-14-26-18-11-9-17(22)10-12-18/h4,6,8-12,15H,2-3,5,7,13-14H2,1H3,(H,23,24)/t15-/m1/s1. The molecule has 2 aromatic rings. The first-order valence-corrected chi connectivity index (χ1v) is 10.4. The number of aryl methyl sites for hydroxylation is 1. The van der Waals surface area contributed by atoms with E-state index in [1.165, 1.54) is 24.0 Å². The fourth-order valence-corrected chi connectivity index (χ4v) is 4.01. The Kier molecular flexibility index (Phi) is 6.86. The second-order valence-electron chi connectivity index (χ2n) is 6.45. The lowest BCUT2D eigenvalue weighted by Crippen LogP contribution is -2.37. The van der Waals surface area contributed by atoms with E-state index < -0.39 is 6.10 Å². The van der Waals surface area contributed by atoms with Gasteiger partial charge < -0.3 is 10.1 Å². The fourth-order valence-electron chi connectivity index (χ4n) is 3.12. The SMILES string of the molecule is C[C@@H](Oc1cccc2c1CCCC2)C(=O)NCCSc1ccc(Cl)cc1. The number of fused-ring (bicyclic) bond motifs is 1. The van der Waals surface area contributed by atoms with Crippen LogP contribution in [0.5, 0.6) is 5.75 Å². The quantitative estimate of drug-likeness (QED) is 0.541. The molecule has 0 aromatic heterocycles. The number of ether oxygens (including phenoxy) is 1. The van der Waals surface area contributed by atoms with E-state index in [4.69, 9.17) is 16.3 Å². The van der Waals surface area contributed by atoms with Crippen LogP contribution in [0.1, 0.15) is 30.9 Å². The van der Waals surface area contributed by atoms with Crippen LogP contribution in [0.3, 0.4) is 0 Å². The number of nitrogens with one attached hydrogen (secondary N) is 1. The zero-order chi connectivity index (χ0) is 18.4. The maximum atomic E-state index is 12.3. The van der Waals surface area contributed by atoms with Gasteiger partial charge in [0.05, 0.1) is 0 Å². The first-order chi connectivity index (χ1) is 12.6. The number of thioether (sulfide) groups is 1. The Labute approximate surface area is 164 Å². The summed E-state index contributed by atoms with van der Waals surface area (Å²) in [4.78, 5) is 13.5. The van der Waals surface area contributed by atoms with Gasteiger partial charge in [-0.1, -0.05) is 23.7 Å². The van der Waals surface area contributed by atoms with E-state index in [9.17, 15) is 4.79 Å². The number of carbonyl (C=O) groups excluding carboxylic acids is 1. The summed E-state index contributed by atoms with van der Waals surface area (Å²) >= 11 is 7.57. The van der Waals surface area contributed by atoms with E-state index >= 15 is 0 Å². The van der Waals surface area contributed by atoms with E-state index in [-0.39, 0.29) is 5.91 Å². The van der Waals surface area contributed by atoms with Crippen LogP contribution >= 0.6 is 23.4 Å². The Bertz CT molecular complexity index is 748. The summed E-state index contributed by atoms with van der Waals surface area (Å²) < 4.78 is 5.97. The van der Waals surface area contributed by atoms with E-state index in [0.29, 0.717) is 6.54 Å². The molecule has 1 N–H and O–H groups in total. The van der Waals surface area contributed by atoms with Gasteiger partial charge in [0.25, 0.3) is 5.91 Å². The molecule has 0 bridgehead atoms. The predicted molar refractivity (Wildman–Crippen MR) is 108 cm³/mol. The Hall–Kier alpha value is -1.65. The van der Waals surface area contributed by atoms with Crippen molar-refractivity contribution in [2.24, 2.45) is 0 Å². The summed E-state index contributed by atoms with van der Waals surface area (Å²) in [5.41, 5.74) is 2.64. The number of hydrogen-bond donors (Lipinski definition) is 1. The molecule has 138 valence electrons. The van der Waals surface area contributed by atoms with Gasteiger partial charge in [0.1, 0.15) is 5.75 Å². The summed E-state index contributed by atoms with van der Waals surface area (Å²) in [6.45, 7) is 2.41. The number of hydrogen-bond acceptors (Lipinski definition) is 3. The van der Waals surface area contributed by atoms with Crippen LogP contribution in [0, 0.1) is 0 Å². The summed E-state index contributed by atoms with van der Waals surface area (Å²) in [7, 11) is 0. The van der Waals surface area contributed by atoms with E-state index in [1.807, 2.05) is 43.3 Å². The molecule has 0 saturated carbocycles. The van der Waals surface area contributed by atoms with Crippen LogP contribution in [-0.2, 0) is 17.6 Å². The lowest BCUT2D eigenvalue weighted by Gasteiger charge is -2.22. The minimum absolute atomic E-state index is 0.0740. The van der Waals surface area contributed by atoms with Gasteiger partial charge in [-0.2, -0.15) is 0 Å². The number of rotatable bonds is 7. The molecule has 0 aliphatic heterocycles. The molecule has 3 rings (SSSR count). The topological polar surface area (TPSA) is 38.3 Å². The molecule has 0 radical (unpaired) electrons. The molecular weight excluding hydrogens is 366 g/mol. The van der Waals surface area contributed by atoms with Crippen LogP contribution in [0.25, 0.3) is 0 Å². The maximum Gasteiger partial charge on any atom is 0.260 e. The molecule has 0 spiro atoms. The summed E-state index contributed by atoms with van der Waals surface area (Å²) in [5, 5.41) is 3.69. The third-order valence-electron chi connectivity index (χ3n) is 4.51. The highest BCUT2D eigenvalue weighted by Gasteiger charge is 2.19. The zero-order valence-electron chi connectivity index (χ0n) is 15.0. The normalized spacial score (nSPS) is 14.4. The molecule has 3 nitrogen and oxygen atoms in total. The second-order valence-corrected chi connectivity index (χ2v) is 8.06. The van der Waals surface area contributed by atoms with Crippen LogP contribution in [-0.4, -0.2) is 24.3 Å². The Morgan fingerprint density at radius 2 is 1.96 bits per heavy atom. The highest BCUT2D eigenvalue weighted by molar-refractivity contribution is 7.99. The van der Waals surface area contributed by atoms with Crippen LogP contribution in [0.4, 0.5) is 0 Å².